The van der Waals surface area contributed by atoms with Crippen molar-refractivity contribution in [1.29, 1.82) is 0 Å². The summed E-state index contributed by atoms with van der Waals surface area (Å²) in [5.41, 5.74) is 7.29. The number of benzene rings is 1. The van der Waals surface area contributed by atoms with Gasteiger partial charge >= 0.3 is 0 Å². The first kappa shape index (κ1) is 17.4. The summed E-state index contributed by atoms with van der Waals surface area (Å²) in [6.45, 7) is 5.30. The Morgan fingerprint density at radius 2 is 2.04 bits per heavy atom. The van der Waals surface area contributed by atoms with Gasteiger partial charge in [0.05, 0.1) is 12.6 Å². The van der Waals surface area contributed by atoms with Crippen LogP contribution in [0.3, 0.4) is 0 Å². The Balaban J connectivity index is 1.61. The molecule has 2 aliphatic rings. The van der Waals surface area contributed by atoms with E-state index in [1.807, 2.05) is 6.07 Å². The third kappa shape index (κ3) is 4.17. The largest absolute Gasteiger partial charge is 0.348 e. The lowest BCUT2D eigenvalue weighted by Gasteiger charge is -2.27. The second-order valence-corrected chi connectivity index (χ2v) is 7.98. The number of carbonyl (C=O) groups excluding carboxylic acids is 1. The van der Waals surface area contributed by atoms with E-state index >= 15 is 0 Å². The number of amides is 1. The summed E-state index contributed by atoms with van der Waals surface area (Å²) in [5, 5.41) is 3.34. The third-order valence-corrected chi connectivity index (χ3v) is 5.84. The molecule has 0 spiro atoms. The Bertz CT molecular complexity index is 541. The zero-order chi connectivity index (χ0) is 17.0. The Kier molecular flexibility index (Phi) is 5.57. The normalized spacial score (nSPS) is 26.6. The number of hydrogen-bond donors (Lipinski definition) is 2. The lowest BCUT2D eigenvalue weighted by Crippen LogP contribution is -2.41. The van der Waals surface area contributed by atoms with Crippen molar-refractivity contribution in [2.45, 2.75) is 45.1 Å². The van der Waals surface area contributed by atoms with Crippen LogP contribution >= 0.6 is 0 Å². The van der Waals surface area contributed by atoms with Crippen LogP contribution in [0.25, 0.3) is 0 Å². The fourth-order valence-electron chi connectivity index (χ4n) is 4.27. The number of rotatable bonds is 6. The Labute approximate surface area is 145 Å². The zero-order valence-corrected chi connectivity index (χ0v) is 14.8. The van der Waals surface area contributed by atoms with Crippen LogP contribution in [0.4, 0.5) is 0 Å². The van der Waals surface area contributed by atoms with E-state index in [9.17, 15) is 4.79 Å². The van der Waals surface area contributed by atoms with Gasteiger partial charge in [0.25, 0.3) is 0 Å². The Morgan fingerprint density at radius 1 is 1.33 bits per heavy atom. The summed E-state index contributed by atoms with van der Waals surface area (Å²) < 4.78 is 0. The van der Waals surface area contributed by atoms with Gasteiger partial charge in [-0.1, -0.05) is 50.1 Å². The second-order valence-electron chi connectivity index (χ2n) is 7.98. The van der Waals surface area contributed by atoms with E-state index in [1.54, 1.807) is 0 Å². The van der Waals surface area contributed by atoms with E-state index in [0.717, 1.165) is 19.5 Å². The molecule has 2 fully saturated rings. The maximum atomic E-state index is 12.7. The molecular formula is C20H31N3O. The first-order valence-electron chi connectivity index (χ1n) is 9.36. The highest BCUT2D eigenvalue weighted by Gasteiger charge is 2.34. The molecule has 1 amide bonds. The van der Waals surface area contributed by atoms with Gasteiger partial charge in [-0.15, -0.1) is 0 Å². The van der Waals surface area contributed by atoms with E-state index in [2.05, 4.69) is 41.4 Å². The van der Waals surface area contributed by atoms with Gasteiger partial charge in [-0.25, -0.2) is 0 Å². The molecule has 3 rings (SSSR count). The van der Waals surface area contributed by atoms with Crippen LogP contribution in [0.1, 0.15) is 50.6 Å². The topological polar surface area (TPSA) is 58.4 Å². The molecule has 0 aromatic heterocycles. The maximum absolute atomic E-state index is 12.7. The fourth-order valence-corrected chi connectivity index (χ4v) is 4.27. The van der Waals surface area contributed by atoms with Crippen LogP contribution < -0.4 is 11.1 Å². The average molecular weight is 329 g/mol. The Morgan fingerprint density at radius 3 is 2.67 bits per heavy atom. The molecule has 1 aliphatic carbocycles. The molecule has 1 saturated heterocycles. The molecule has 4 heteroatoms. The van der Waals surface area contributed by atoms with E-state index in [1.165, 1.54) is 31.2 Å². The maximum Gasteiger partial charge on any atom is 0.234 e. The molecule has 1 aromatic rings. The number of nitrogens with one attached hydrogen (secondary N) is 1. The van der Waals surface area contributed by atoms with Crippen LogP contribution in [0, 0.1) is 11.3 Å². The van der Waals surface area contributed by atoms with Crippen molar-refractivity contribution in [2.24, 2.45) is 17.1 Å². The quantitative estimate of drug-likeness (QED) is 0.844. The van der Waals surface area contributed by atoms with Gasteiger partial charge in [-0.3, -0.25) is 9.69 Å². The van der Waals surface area contributed by atoms with Crippen molar-refractivity contribution in [2.75, 3.05) is 26.2 Å². The van der Waals surface area contributed by atoms with Gasteiger partial charge in [-0.05, 0) is 49.2 Å². The van der Waals surface area contributed by atoms with Crippen LogP contribution in [0.2, 0.25) is 0 Å². The van der Waals surface area contributed by atoms with Gasteiger partial charge < -0.3 is 11.1 Å². The van der Waals surface area contributed by atoms with Gasteiger partial charge in [0, 0.05) is 6.54 Å². The second kappa shape index (κ2) is 7.66. The molecule has 2 atom stereocenters. The molecule has 1 aliphatic heterocycles. The number of carbonyl (C=O) groups is 1. The summed E-state index contributed by atoms with van der Waals surface area (Å²) >= 11 is 0. The highest BCUT2D eigenvalue weighted by atomic mass is 16.2. The predicted molar refractivity (Wildman–Crippen MR) is 97.5 cm³/mol. The fraction of sp³-hybridized carbons (Fsp3) is 0.650. The van der Waals surface area contributed by atoms with Crippen LogP contribution in [-0.4, -0.2) is 37.0 Å². The van der Waals surface area contributed by atoms with Gasteiger partial charge in [-0.2, -0.15) is 0 Å². The van der Waals surface area contributed by atoms with E-state index in [-0.39, 0.29) is 17.4 Å². The highest BCUT2D eigenvalue weighted by Crippen LogP contribution is 2.35. The van der Waals surface area contributed by atoms with E-state index in [4.69, 9.17) is 5.73 Å². The van der Waals surface area contributed by atoms with Crippen LogP contribution in [0.15, 0.2) is 30.3 Å². The first-order chi connectivity index (χ1) is 11.6. The molecule has 1 aromatic carbocycles. The van der Waals surface area contributed by atoms with Gasteiger partial charge in [0.15, 0.2) is 0 Å². The van der Waals surface area contributed by atoms with Crippen molar-refractivity contribution in [3.63, 3.8) is 0 Å². The SMILES string of the molecule is CC1(CN)CCN(CC(=O)NC(c2ccccc2)C2CCCC2)C1. The van der Waals surface area contributed by atoms with Crippen LogP contribution in [0.5, 0.6) is 0 Å². The van der Waals surface area contributed by atoms with Crippen molar-refractivity contribution < 1.29 is 4.79 Å². The van der Waals surface area contributed by atoms with Crippen molar-refractivity contribution >= 4 is 5.91 Å². The highest BCUT2D eigenvalue weighted by molar-refractivity contribution is 5.78. The van der Waals surface area contributed by atoms with Crippen molar-refractivity contribution in [3.05, 3.63) is 35.9 Å². The molecule has 132 valence electrons. The third-order valence-electron chi connectivity index (χ3n) is 5.84. The van der Waals surface area contributed by atoms with Gasteiger partial charge in [0.2, 0.25) is 5.91 Å². The lowest BCUT2D eigenvalue weighted by molar-refractivity contribution is -0.123. The molecule has 2 unspecified atom stereocenters. The molecular weight excluding hydrogens is 298 g/mol. The standard InChI is InChI=1S/C20H31N3O/c1-20(14-21)11-12-23(15-20)13-18(24)22-19(17-9-5-6-10-17)16-7-3-2-4-8-16/h2-4,7-8,17,19H,5-6,9-15,21H2,1H3,(H,22,24). The monoisotopic (exact) mass is 329 g/mol. The summed E-state index contributed by atoms with van der Waals surface area (Å²) in [7, 11) is 0. The summed E-state index contributed by atoms with van der Waals surface area (Å²) in [4.78, 5) is 14.9. The smallest absolute Gasteiger partial charge is 0.234 e. The first-order valence-corrected chi connectivity index (χ1v) is 9.36. The summed E-state index contributed by atoms with van der Waals surface area (Å²) in [6.07, 6.45) is 6.08. The van der Waals surface area contributed by atoms with Crippen LogP contribution in [-0.2, 0) is 4.79 Å². The number of nitrogens with zero attached hydrogens (tertiary/aromatic N) is 1. The number of likely N-dealkylation sites (tertiary alicyclic amines) is 1. The minimum Gasteiger partial charge on any atom is -0.348 e. The number of hydrogen-bond acceptors (Lipinski definition) is 3. The molecule has 24 heavy (non-hydrogen) atoms. The summed E-state index contributed by atoms with van der Waals surface area (Å²) in [5.74, 6) is 0.723. The minimum atomic E-state index is 0.150. The zero-order valence-electron chi connectivity index (χ0n) is 14.8. The Hall–Kier alpha value is -1.39. The molecule has 1 saturated carbocycles. The molecule has 0 bridgehead atoms. The molecule has 1 heterocycles. The van der Waals surface area contributed by atoms with E-state index < -0.39 is 0 Å². The molecule has 3 N–H and O–H groups in total. The lowest BCUT2D eigenvalue weighted by atomic mass is 9.90. The number of nitrogens with two attached hydrogens (primary N) is 1. The minimum absolute atomic E-state index is 0.150. The average Bonchev–Trinajstić information content (AvgIpc) is 3.24. The molecule has 4 nitrogen and oxygen atoms in total. The van der Waals surface area contributed by atoms with Crippen molar-refractivity contribution in [3.8, 4) is 0 Å². The van der Waals surface area contributed by atoms with Crippen molar-refractivity contribution in [1.82, 2.24) is 10.2 Å². The predicted octanol–water partition coefficient (Wildman–Crippen LogP) is 2.70. The summed E-state index contributed by atoms with van der Waals surface area (Å²) in [6, 6.07) is 10.6. The molecule has 0 radical (unpaired) electrons. The van der Waals surface area contributed by atoms with E-state index in [0.29, 0.717) is 19.0 Å². The van der Waals surface area contributed by atoms with Gasteiger partial charge in [0.1, 0.15) is 0 Å².